The summed E-state index contributed by atoms with van der Waals surface area (Å²) in [6, 6.07) is 2.12. The Kier molecular flexibility index (Phi) is 4.33. The average Bonchev–Trinajstić information content (AvgIpc) is 2.70. The van der Waals surface area contributed by atoms with Gasteiger partial charge in [-0.1, -0.05) is 0 Å². The Morgan fingerprint density at radius 1 is 1.33 bits per heavy atom. The minimum atomic E-state index is 0.658. The van der Waals surface area contributed by atoms with Crippen LogP contribution in [0.15, 0.2) is 6.07 Å². The molecule has 0 radical (unpaired) electrons. The number of ether oxygens (including phenoxy) is 1. The van der Waals surface area contributed by atoms with Crippen molar-refractivity contribution in [3.05, 3.63) is 10.9 Å². The van der Waals surface area contributed by atoms with Crippen LogP contribution in [0.4, 0.5) is 11.8 Å². The van der Waals surface area contributed by atoms with Crippen molar-refractivity contribution in [1.82, 2.24) is 9.97 Å². The highest BCUT2D eigenvalue weighted by Gasteiger charge is 2.09. The molecule has 0 amide bonds. The number of nitrogens with one attached hydrogen (secondary N) is 2. The van der Waals surface area contributed by atoms with Gasteiger partial charge in [0.2, 0.25) is 5.95 Å². The van der Waals surface area contributed by atoms with Gasteiger partial charge in [0, 0.05) is 25.1 Å². The van der Waals surface area contributed by atoms with E-state index in [4.69, 9.17) is 4.74 Å². The lowest BCUT2D eigenvalue weighted by Crippen LogP contribution is -2.11. The average molecular weight is 266 g/mol. The molecular formula is C12H18N4OS. The summed E-state index contributed by atoms with van der Waals surface area (Å²) in [5, 5.41) is 7.52. The third-order valence-corrected chi connectivity index (χ3v) is 3.39. The Morgan fingerprint density at radius 2 is 2.17 bits per heavy atom. The van der Waals surface area contributed by atoms with Crippen molar-refractivity contribution in [1.29, 1.82) is 0 Å². The maximum Gasteiger partial charge on any atom is 0.226 e. The van der Waals surface area contributed by atoms with Gasteiger partial charge < -0.3 is 15.4 Å². The Morgan fingerprint density at radius 3 is 2.89 bits per heavy atom. The maximum atomic E-state index is 5.04. The summed E-state index contributed by atoms with van der Waals surface area (Å²) in [4.78, 5) is 11.2. The second kappa shape index (κ2) is 5.97. The molecule has 0 unspecified atom stereocenters. The van der Waals surface area contributed by atoms with E-state index in [-0.39, 0.29) is 0 Å². The number of fused-ring (bicyclic) bond motifs is 1. The number of aromatic nitrogens is 2. The molecule has 0 fully saturated rings. The molecule has 2 heterocycles. The number of rotatable bonds is 6. The molecule has 0 saturated carbocycles. The molecule has 0 spiro atoms. The van der Waals surface area contributed by atoms with E-state index < -0.39 is 0 Å². The van der Waals surface area contributed by atoms with Crippen LogP contribution in [0.2, 0.25) is 0 Å². The van der Waals surface area contributed by atoms with Gasteiger partial charge in [0.05, 0.1) is 12.0 Å². The number of thiophene rings is 1. The lowest BCUT2D eigenvalue weighted by Gasteiger charge is -2.08. The molecule has 98 valence electrons. The SMILES string of the molecule is CCNc1nc(NCCOC)c2cc(C)sc2n1. The topological polar surface area (TPSA) is 59.1 Å². The van der Waals surface area contributed by atoms with Crippen LogP contribution in [0.25, 0.3) is 10.2 Å². The normalized spacial score (nSPS) is 10.8. The van der Waals surface area contributed by atoms with E-state index in [1.54, 1.807) is 18.4 Å². The van der Waals surface area contributed by atoms with E-state index in [9.17, 15) is 0 Å². The molecule has 0 bridgehead atoms. The van der Waals surface area contributed by atoms with E-state index in [0.29, 0.717) is 12.6 Å². The van der Waals surface area contributed by atoms with Gasteiger partial charge in [-0.05, 0) is 19.9 Å². The largest absolute Gasteiger partial charge is 0.383 e. The molecule has 0 aliphatic rings. The number of anilines is 2. The summed E-state index contributed by atoms with van der Waals surface area (Å²) in [6.45, 7) is 6.32. The van der Waals surface area contributed by atoms with Gasteiger partial charge >= 0.3 is 0 Å². The summed E-state index contributed by atoms with van der Waals surface area (Å²) in [7, 11) is 1.69. The Balaban J connectivity index is 2.33. The van der Waals surface area contributed by atoms with Crippen LogP contribution in [0, 0.1) is 6.92 Å². The van der Waals surface area contributed by atoms with Gasteiger partial charge in [0.1, 0.15) is 10.6 Å². The minimum Gasteiger partial charge on any atom is -0.383 e. The zero-order chi connectivity index (χ0) is 13.0. The van der Waals surface area contributed by atoms with Crippen molar-refractivity contribution >= 4 is 33.3 Å². The van der Waals surface area contributed by atoms with Gasteiger partial charge in [-0.3, -0.25) is 0 Å². The molecule has 0 aromatic carbocycles. The van der Waals surface area contributed by atoms with E-state index >= 15 is 0 Å². The number of nitrogens with zero attached hydrogens (tertiary/aromatic N) is 2. The Bertz CT molecular complexity index is 526. The van der Waals surface area contributed by atoms with Crippen LogP contribution < -0.4 is 10.6 Å². The molecule has 5 nitrogen and oxygen atoms in total. The number of aryl methyl sites for hydroxylation is 1. The number of methoxy groups -OCH3 is 1. The van der Waals surface area contributed by atoms with Gasteiger partial charge in [-0.25, -0.2) is 4.98 Å². The lowest BCUT2D eigenvalue weighted by molar-refractivity contribution is 0.210. The quantitative estimate of drug-likeness (QED) is 0.787. The highest BCUT2D eigenvalue weighted by molar-refractivity contribution is 7.18. The molecule has 2 N–H and O–H groups in total. The van der Waals surface area contributed by atoms with Crippen molar-refractivity contribution in [2.45, 2.75) is 13.8 Å². The fourth-order valence-corrected chi connectivity index (χ4v) is 2.56. The van der Waals surface area contributed by atoms with Crippen molar-refractivity contribution in [2.24, 2.45) is 0 Å². The molecular weight excluding hydrogens is 248 g/mol. The van der Waals surface area contributed by atoms with Gasteiger partial charge in [0.15, 0.2) is 0 Å². The molecule has 0 aliphatic carbocycles. The summed E-state index contributed by atoms with van der Waals surface area (Å²) in [5.41, 5.74) is 0. The van der Waals surface area contributed by atoms with Crippen molar-refractivity contribution in [3.8, 4) is 0 Å². The Hall–Kier alpha value is -1.40. The first-order valence-electron chi connectivity index (χ1n) is 5.99. The van der Waals surface area contributed by atoms with Gasteiger partial charge in [0.25, 0.3) is 0 Å². The monoisotopic (exact) mass is 266 g/mol. The first-order chi connectivity index (χ1) is 8.74. The zero-order valence-electron chi connectivity index (χ0n) is 10.9. The molecule has 18 heavy (non-hydrogen) atoms. The summed E-state index contributed by atoms with van der Waals surface area (Å²) < 4.78 is 5.04. The number of hydrogen-bond donors (Lipinski definition) is 2. The summed E-state index contributed by atoms with van der Waals surface area (Å²) in [6.07, 6.45) is 0. The molecule has 2 aromatic heterocycles. The standard InChI is InChI=1S/C12H18N4OS/c1-4-13-12-15-10(14-5-6-17-3)9-7-8(2)18-11(9)16-12/h7H,4-6H2,1-3H3,(H2,13,14,15,16). The first-order valence-corrected chi connectivity index (χ1v) is 6.81. The molecule has 0 aliphatic heterocycles. The van der Waals surface area contributed by atoms with Crippen molar-refractivity contribution in [2.75, 3.05) is 37.4 Å². The van der Waals surface area contributed by atoms with Gasteiger partial charge in [-0.2, -0.15) is 4.98 Å². The van der Waals surface area contributed by atoms with E-state index in [0.717, 1.165) is 29.1 Å². The second-order valence-electron chi connectivity index (χ2n) is 3.92. The van der Waals surface area contributed by atoms with Crippen LogP contribution in [0.5, 0.6) is 0 Å². The van der Waals surface area contributed by atoms with E-state index in [2.05, 4.69) is 33.6 Å². The smallest absolute Gasteiger partial charge is 0.226 e. The summed E-state index contributed by atoms with van der Waals surface area (Å²) in [5.74, 6) is 1.55. The fourth-order valence-electron chi connectivity index (χ4n) is 1.69. The predicted octanol–water partition coefficient (Wildman–Crippen LogP) is 2.49. The molecule has 2 rings (SSSR count). The lowest BCUT2D eigenvalue weighted by atomic mass is 10.3. The minimum absolute atomic E-state index is 0.658. The van der Waals surface area contributed by atoms with Crippen LogP contribution in [0.1, 0.15) is 11.8 Å². The highest BCUT2D eigenvalue weighted by Crippen LogP contribution is 2.29. The van der Waals surface area contributed by atoms with Crippen LogP contribution in [-0.4, -0.2) is 36.8 Å². The number of hydrogen-bond acceptors (Lipinski definition) is 6. The third kappa shape index (κ3) is 2.88. The fraction of sp³-hybridized carbons (Fsp3) is 0.500. The van der Waals surface area contributed by atoms with Crippen LogP contribution in [0.3, 0.4) is 0 Å². The zero-order valence-corrected chi connectivity index (χ0v) is 11.7. The maximum absolute atomic E-state index is 5.04. The van der Waals surface area contributed by atoms with Crippen molar-refractivity contribution < 1.29 is 4.74 Å². The van der Waals surface area contributed by atoms with Crippen LogP contribution in [-0.2, 0) is 4.74 Å². The van der Waals surface area contributed by atoms with Crippen molar-refractivity contribution in [3.63, 3.8) is 0 Å². The molecule has 2 aromatic rings. The van der Waals surface area contributed by atoms with Gasteiger partial charge in [-0.15, -0.1) is 11.3 Å². The van der Waals surface area contributed by atoms with E-state index in [1.165, 1.54) is 4.88 Å². The molecule has 0 saturated heterocycles. The first kappa shape index (κ1) is 13.0. The highest BCUT2D eigenvalue weighted by atomic mass is 32.1. The predicted molar refractivity (Wildman–Crippen MR) is 76.7 cm³/mol. The van der Waals surface area contributed by atoms with E-state index in [1.807, 2.05) is 6.92 Å². The summed E-state index contributed by atoms with van der Waals surface area (Å²) >= 11 is 1.68. The van der Waals surface area contributed by atoms with Crippen LogP contribution >= 0.6 is 11.3 Å². The Labute approximate surface area is 111 Å². The third-order valence-electron chi connectivity index (χ3n) is 2.45. The second-order valence-corrected chi connectivity index (χ2v) is 5.16. The molecule has 0 atom stereocenters. The molecule has 6 heteroatoms.